The molecule has 0 aliphatic carbocycles. The Hall–Kier alpha value is -1.78. The molecular formula is C11H17N5. The van der Waals surface area contributed by atoms with E-state index in [1.165, 1.54) is 0 Å². The molecule has 0 saturated carbocycles. The van der Waals surface area contributed by atoms with Crippen LogP contribution >= 0.6 is 0 Å². The number of hydrogen-bond acceptors (Lipinski definition) is 3. The Kier molecular flexibility index (Phi) is 3.58. The maximum absolute atomic E-state index is 4.28. The van der Waals surface area contributed by atoms with Crippen LogP contribution in [-0.4, -0.2) is 25.9 Å². The third kappa shape index (κ3) is 2.62. The van der Waals surface area contributed by atoms with Gasteiger partial charge >= 0.3 is 0 Å². The lowest BCUT2D eigenvalue weighted by Gasteiger charge is -2.08. The van der Waals surface area contributed by atoms with Crippen molar-refractivity contribution < 1.29 is 0 Å². The van der Waals surface area contributed by atoms with Crippen LogP contribution in [0.3, 0.4) is 0 Å². The van der Waals surface area contributed by atoms with E-state index in [9.17, 15) is 0 Å². The summed E-state index contributed by atoms with van der Waals surface area (Å²) in [4.78, 5) is 4.28. The largest absolute Gasteiger partial charge is 0.354 e. The fourth-order valence-corrected chi connectivity index (χ4v) is 1.61. The summed E-state index contributed by atoms with van der Waals surface area (Å²) in [7, 11) is 0. The number of imidazole rings is 1. The average molecular weight is 219 g/mol. The third-order valence-corrected chi connectivity index (χ3v) is 2.36. The lowest BCUT2D eigenvalue weighted by Crippen LogP contribution is -2.14. The fourth-order valence-electron chi connectivity index (χ4n) is 1.61. The van der Waals surface area contributed by atoms with Gasteiger partial charge in [-0.2, -0.15) is 5.10 Å². The van der Waals surface area contributed by atoms with E-state index >= 15 is 0 Å². The van der Waals surface area contributed by atoms with Crippen molar-refractivity contribution in [2.24, 2.45) is 0 Å². The number of aromatic nitrogens is 4. The van der Waals surface area contributed by atoms with Gasteiger partial charge in [0.2, 0.25) is 5.95 Å². The second-order valence-corrected chi connectivity index (χ2v) is 3.64. The van der Waals surface area contributed by atoms with Gasteiger partial charge in [-0.15, -0.1) is 0 Å². The van der Waals surface area contributed by atoms with Crippen molar-refractivity contribution in [2.45, 2.75) is 26.4 Å². The van der Waals surface area contributed by atoms with Crippen LogP contribution in [0.15, 0.2) is 30.9 Å². The van der Waals surface area contributed by atoms with Crippen LogP contribution in [0.5, 0.6) is 0 Å². The van der Waals surface area contributed by atoms with E-state index in [1.54, 1.807) is 6.20 Å². The molecule has 16 heavy (non-hydrogen) atoms. The van der Waals surface area contributed by atoms with Gasteiger partial charge in [-0.05, 0) is 12.5 Å². The molecule has 2 aromatic heterocycles. The highest BCUT2D eigenvalue weighted by molar-refractivity contribution is 5.25. The molecule has 2 aromatic rings. The minimum atomic E-state index is 0.836. The summed E-state index contributed by atoms with van der Waals surface area (Å²) in [5.74, 6) is 0.939. The molecule has 0 unspecified atom stereocenters. The van der Waals surface area contributed by atoms with Crippen molar-refractivity contribution in [1.29, 1.82) is 0 Å². The lowest BCUT2D eigenvalue weighted by atomic mass is 10.5. The van der Waals surface area contributed by atoms with E-state index in [2.05, 4.69) is 26.9 Å². The second-order valence-electron chi connectivity index (χ2n) is 3.64. The highest BCUT2D eigenvalue weighted by Gasteiger charge is 2.00. The smallest absolute Gasteiger partial charge is 0.202 e. The summed E-state index contributed by atoms with van der Waals surface area (Å²) in [5.41, 5.74) is 0. The molecule has 1 N–H and O–H groups in total. The molecule has 0 aliphatic heterocycles. The van der Waals surface area contributed by atoms with Crippen LogP contribution in [0.1, 0.15) is 13.3 Å². The van der Waals surface area contributed by atoms with Gasteiger partial charge in [-0.25, -0.2) is 4.98 Å². The van der Waals surface area contributed by atoms with Crippen molar-refractivity contribution in [3.63, 3.8) is 0 Å². The topological polar surface area (TPSA) is 47.7 Å². The van der Waals surface area contributed by atoms with E-state index in [0.29, 0.717) is 0 Å². The van der Waals surface area contributed by atoms with E-state index in [0.717, 1.165) is 32.0 Å². The van der Waals surface area contributed by atoms with E-state index in [-0.39, 0.29) is 0 Å². The summed E-state index contributed by atoms with van der Waals surface area (Å²) < 4.78 is 4.03. The first-order valence-corrected chi connectivity index (χ1v) is 5.62. The molecule has 0 radical (unpaired) electrons. The molecule has 0 bridgehead atoms. The first-order valence-electron chi connectivity index (χ1n) is 5.62. The molecule has 0 spiro atoms. The number of nitrogens with zero attached hydrogens (tertiary/aromatic N) is 4. The number of nitrogens with one attached hydrogen (secondary N) is 1. The first-order chi connectivity index (χ1) is 7.90. The molecule has 0 aliphatic rings. The van der Waals surface area contributed by atoms with Crippen LogP contribution in [0.2, 0.25) is 0 Å². The van der Waals surface area contributed by atoms with Crippen LogP contribution in [0, 0.1) is 0 Å². The highest BCUT2D eigenvalue weighted by atomic mass is 15.3. The van der Waals surface area contributed by atoms with Crippen molar-refractivity contribution >= 4 is 5.95 Å². The summed E-state index contributed by atoms with van der Waals surface area (Å²) in [6.07, 6.45) is 8.69. The zero-order valence-electron chi connectivity index (χ0n) is 9.50. The number of aryl methyl sites for hydroxylation is 1. The number of rotatable bonds is 6. The standard InChI is InChI=1S/C11H17N5/c1-2-7-15-9-5-12-11(15)13-6-10-16-8-3-4-14-16/h3-5,8-9H,2,6-7,10H2,1H3,(H,12,13). The molecule has 2 rings (SSSR count). The number of hydrogen-bond donors (Lipinski definition) is 1. The van der Waals surface area contributed by atoms with E-state index < -0.39 is 0 Å². The summed E-state index contributed by atoms with van der Waals surface area (Å²) in [6.45, 7) is 4.85. The van der Waals surface area contributed by atoms with Gasteiger partial charge in [0.15, 0.2) is 0 Å². The normalized spacial score (nSPS) is 10.6. The molecule has 5 heteroatoms. The maximum Gasteiger partial charge on any atom is 0.202 e. The SMILES string of the molecule is CCCn1ccnc1NCCn1cccn1. The minimum absolute atomic E-state index is 0.836. The molecule has 5 nitrogen and oxygen atoms in total. The predicted octanol–water partition coefficient (Wildman–Crippen LogP) is 1.60. The van der Waals surface area contributed by atoms with Gasteiger partial charge in [0.1, 0.15) is 0 Å². The van der Waals surface area contributed by atoms with Gasteiger partial charge < -0.3 is 9.88 Å². The van der Waals surface area contributed by atoms with Gasteiger partial charge in [0, 0.05) is 37.9 Å². The molecule has 0 fully saturated rings. The Balaban J connectivity index is 1.82. The molecule has 0 amide bonds. The molecule has 0 aromatic carbocycles. The zero-order valence-corrected chi connectivity index (χ0v) is 9.50. The number of anilines is 1. The summed E-state index contributed by atoms with van der Waals surface area (Å²) >= 11 is 0. The van der Waals surface area contributed by atoms with Crippen LogP contribution in [0.4, 0.5) is 5.95 Å². The Labute approximate surface area is 95.1 Å². The minimum Gasteiger partial charge on any atom is -0.354 e. The maximum atomic E-state index is 4.28. The van der Waals surface area contributed by atoms with Gasteiger partial charge in [0.05, 0.1) is 6.54 Å². The summed E-state index contributed by atoms with van der Waals surface area (Å²) in [5, 5.41) is 7.45. The first kappa shape index (κ1) is 10.7. The second kappa shape index (κ2) is 5.34. The molecular weight excluding hydrogens is 202 g/mol. The van der Waals surface area contributed by atoms with E-state index in [1.807, 2.05) is 29.3 Å². The quantitative estimate of drug-likeness (QED) is 0.802. The highest BCUT2D eigenvalue weighted by Crippen LogP contribution is 2.04. The predicted molar refractivity (Wildman–Crippen MR) is 63.2 cm³/mol. The Morgan fingerprint density at radius 1 is 1.25 bits per heavy atom. The zero-order chi connectivity index (χ0) is 11.2. The fraction of sp³-hybridized carbons (Fsp3) is 0.455. The molecule has 0 atom stereocenters. The lowest BCUT2D eigenvalue weighted by molar-refractivity contribution is 0.628. The van der Waals surface area contributed by atoms with Crippen molar-refractivity contribution in [3.05, 3.63) is 30.9 Å². The van der Waals surface area contributed by atoms with Crippen molar-refractivity contribution in [2.75, 3.05) is 11.9 Å². The van der Waals surface area contributed by atoms with Crippen molar-refractivity contribution in [1.82, 2.24) is 19.3 Å². The van der Waals surface area contributed by atoms with Gasteiger partial charge in [-0.3, -0.25) is 4.68 Å². The molecule has 86 valence electrons. The monoisotopic (exact) mass is 219 g/mol. The summed E-state index contributed by atoms with van der Waals surface area (Å²) in [6, 6.07) is 1.93. The van der Waals surface area contributed by atoms with E-state index in [4.69, 9.17) is 0 Å². The van der Waals surface area contributed by atoms with Gasteiger partial charge in [-0.1, -0.05) is 6.92 Å². The average Bonchev–Trinajstić information content (AvgIpc) is 2.91. The van der Waals surface area contributed by atoms with Crippen molar-refractivity contribution in [3.8, 4) is 0 Å². The Morgan fingerprint density at radius 2 is 2.19 bits per heavy atom. The van der Waals surface area contributed by atoms with Crippen LogP contribution in [-0.2, 0) is 13.1 Å². The van der Waals surface area contributed by atoms with Crippen LogP contribution < -0.4 is 5.32 Å². The van der Waals surface area contributed by atoms with Gasteiger partial charge in [0.25, 0.3) is 0 Å². The molecule has 0 saturated heterocycles. The Bertz CT molecular complexity index is 404. The molecule has 2 heterocycles. The Morgan fingerprint density at radius 3 is 2.94 bits per heavy atom. The van der Waals surface area contributed by atoms with Crippen LogP contribution in [0.25, 0.3) is 0 Å². The third-order valence-electron chi connectivity index (χ3n) is 2.36.